The van der Waals surface area contributed by atoms with Crippen molar-refractivity contribution in [3.8, 4) is 0 Å². The Balaban J connectivity index is 1.98. The number of ether oxygens (including phenoxy) is 1. The first kappa shape index (κ1) is 23.9. The van der Waals surface area contributed by atoms with Crippen LogP contribution in [0.4, 0.5) is 0 Å². The summed E-state index contributed by atoms with van der Waals surface area (Å²) in [6, 6.07) is 3.88. The van der Waals surface area contributed by atoms with Gasteiger partial charge in [-0.3, -0.25) is 9.59 Å². The van der Waals surface area contributed by atoms with Crippen LogP contribution in [0.5, 0.6) is 0 Å². The maximum absolute atomic E-state index is 12.8. The first-order valence-corrected chi connectivity index (χ1v) is 12.1. The van der Waals surface area contributed by atoms with Gasteiger partial charge in [0.05, 0.1) is 23.3 Å². The molecule has 0 bridgehead atoms. The van der Waals surface area contributed by atoms with Crippen molar-refractivity contribution in [2.45, 2.75) is 79.1 Å². The molecule has 1 aliphatic rings. The molecule has 0 saturated carbocycles. The van der Waals surface area contributed by atoms with Crippen molar-refractivity contribution in [3.05, 3.63) is 83.8 Å². The van der Waals surface area contributed by atoms with Crippen molar-refractivity contribution < 1.29 is 9.15 Å². The van der Waals surface area contributed by atoms with Crippen molar-refractivity contribution >= 4 is 12.2 Å². The molecule has 0 spiro atoms. The molecular weight excluding hydrogens is 400 g/mol. The zero-order chi connectivity index (χ0) is 23.1. The number of allylic oxidation sites excluding steroid dienone is 4. The molecule has 0 radical (unpaired) electrons. The summed E-state index contributed by atoms with van der Waals surface area (Å²) in [5, 5.41) is 0.542. The van der Waals surface area contributed by atoms with E-state index in [1.165, 1.54) is 0 Å². The molecule has 1 aromatic carbocycles. The lowest BCUT2D eigenvalue weighted by atomic mass is 9.98. The highest BCUT2D eigenvalue weighted by molar-refractivity contribution is 5.52. The van der Waals surface area contributed by atoms with Crippen LogP contribution in [0.25, 0.3) is 12.2 Å². The third kappa shape index (κ3) is 5.73. The van der Waals surface area contributed by atoms with Gasteiger partial charge < -0.3 is 4.74 Å². The molecule has 4 nitrogen and oxygen atoms in total. The molecule has 170 valence electrons. The SMILES string of the molecule is CCCC1=CC(C=c2c(=O)c(=Cc3cc(CCC)[o+]c(CCC)c3)c2=O)C=C(CCC)O1. The Labute approximate surface area is 190 Å². The zero-order valence-corrected chi connectivity index (χ0v) is 19.8. The first-order chi connectivity index (χ1) is 15.5. The number of hydrogen-bond acceptors (Lipinski definition) is 3. The summed E-state index contributed by atoms with van der Waals surface area (Å²) in [7, 11) is 0. The van der Waals surface area contributed by atoms with Crippen LogP contribution in [-0.4, -0.2) is 0 Å². The zero-order valence-electron chi connectivity index (χ0n) is 19.8. The quantitative estimate of drug-likeness (QED) is 0.508. The first-order valence-electron chi connectivity index (χ1n) is 12.1. The number of aryl methyl sites for hydroxylation is 2. The summed E-state index contributed by atoms with van der Waals surface area (Å²) in [6.45, 7) is 8.43. The highest BCUT2D eigenvalue weighted by Crippen LogP contribution is 2.26. The minimum absolute atomic E-state index is 0.0841. The van der Waals surface area contributed by atoms with Crippen molar-refractivity contribution in [1.29, 1.82) is 0 Å². The van der Waals surface area contributed by atoms with Crippen LogP contribution in [0, 0.1) is 5.92 Å². The van der Waals surface area contributed by atoms with Crippen LogP contribution in [-0.2, 0) is 17.6 Å². The minimum Gasteiger partial charge on any atom is -0.467 e. The number of rotatable bonds is 10. The summed E-state index contributed by atoms with van der Waals surface area (Å²) < 4.78 is 11.9. The van der Waals surface area contributed by atoms with Crippen LogP contribution in [0.2, 0.25) is 0 Å². The average molecular weight is 436 g/mol. The van der Waals surface area contributed by atoms with Crippen molar-refractivity contribution in [1.82, 2.24) is 0 Å². The second-order valence-electron chi connectivity index (χ2n) is 8.57. The molecule has 3 rings (SSSR count). The normalized spacial score (nSPS) is 14.1. The second-order valence-corrected chi connectivity index (χ2v) is 8.57. The lowest BCUT2D eigenvalue weighted by molar-refractivity contribution is 0.263. The molecule has 0 atom stereocenters. The van der Waals surface area contributed by atoms with Gasteiger partial charge in [0.2, 0.25) is 10.9 Å². The Kier molecular flexibility index (Phi) is 8.38. The summed E-state index contributed by atoms with van der Waals surface area (Å²) in [5.74, 6) is 3.55. The molecule has 32 heavy (non-hydrogen) atoms. The van der Waals surface area contributed by atoms with Crippen LogP contribution >= 0.6 is 0 Å². The van der Waals surface area contributed by atoms with Gasteiger partial charge in [0.15, 0.2) is 0 Å². The molecule has 0 saturated heterocycles. The Morgan fingerprint density at radius 3 is 1.75 bits per heavy atom. The van der Waals surface area contributed by atoms with Gasteiger partial charge >= 0.3 is 11.5 Å². The smallest absolute Gasteiger partial charge is 0.330 e. The van der Waals surface area contributed by atoms with Crippen LogP contribution < -0.4 is 21.3 Å². The van der Waals surface area contributed by atoms with E-state index in [-0.39, 0.29) is 27.2 Å². The van der Waals surface area contributed by atoms with E-state index in [4.69, 9.17) is 9.15 Å². The van der Waals surface area contributed by atoms with E-state index in [2.05, 4.69) is 27.7 Å². The van der Waals surface area contributed by atoms with E-state index in [1.807, 2.05) is 24.3 Å². The second kappa shape index (κ2) is 11.2. The Morgan fingerprint density at radius 1 is 0.781 bits per heavy atom. The van der Waals surface area contributed by atoms with Gasteiger partial charge in [0.25, 0.3) is 0 Å². The summed E-state index contributed by atoms with van der Waals surface area (Å²) in [4.78, 5) is 25.7. The van der Waals surface area contributed by atoms with E-state index in [1.54, 1.807) is 12.2 Å². The summed E-state index contributed by atoms with van der Waals surface area (Å²) in [6.07, 6.45) is 14.9. The Morgan fingerprint density at radius 2 is 1.28 bits per heavy atom. The fourth-order valence-corrected chi connectivity index (χ4v) is 4.11. The molecule has 0 amide bonds. The van der Waals surface area contributed by atoms with Crippen molar-refractivity contribution in [2.75, 3.05) is 0 Å². The maximum Gasteiger partial charge on any atom is 0.330 e. The van der Waals surface area contributed by atoms with Gasteiger partial charge in [0, 0.05) is 30.9 Å². The largest absolute Gasteiger partial charge is 0.467 e. The molecule has 1 aromatic heterocycles. The lowest BCUT2D eigenvalue weighted by Crippen LogP contribution is -2.64. The Hall–Kier alpha value is -2.75. The van der Waals surface area contributed by atoms with Crippen LogP contribution in [0.3, 0.4) is 0 Å². The van der Waals surface area contributed by atoms with Crippen LogP contribution in [0.1, 0.15) is 83.3 Å². The monoisotopic (exact) mass is 435 g/mol. The van der Waals surface area contributed by atoms with Gasteiger partial charge in [-0.15, -0.1) is 0 Å². The molecule has 1 aliphatic heterocycles. The van der Waals surface area contributed by atoms with E-state index in [0.717, 1.165) is 80.0 Å². The predicted octanol–water partition coefficient (Wildman–Crippen LogP) is 4.69. The van der Waals surface area contributed by atoms with Gasteiger partial charge in [0.1, 0.15) is 11.5 Å². The fraction of sp³-hybridized carbons (Fsp3) is 0.464. The third-order valence-corrected chi connectivity index (χ3v) is 5.57. The summed E-state index contributed by atoms with van der Waals surface area (Å²) >= 11 is 0. The van der Waals surface area contributed by atoms with E-state index >= 15 is 0 Å². The fourth-order valence-electron chi connectivity index (χ4n) is 4.11. The molecule has 0 unspecified atom stereocenters. The summed E-state index contributed by atoms with van der Waals surface area (Å²) in [5.41, 5.74) is 0.514. The molecule has 2 aromatic rings. The van der Waals surface area contributed by atoms with Gasteiger partial charge in [-0.1, -0.05) is 33.8 Å². The molecular formula is C28H35O4+. The maximum atomic E-state index is 12.8. The molecule has 0 N–H and O–H groups in total. The lowest BCUT2D eigenvalue weighted by Gasteiger charge is -2.20. The third-order valence-electron chi connectivity index (χ3n) is 5.57. The molecule has 4 heteroatoms. The topological polar surface area (TPSA) is 54.7 Å². The van der Waals surface area contributed by atoms with E-state index < -0.39 is 0 Å². The van der Waals surface area contributed by atoms with Crippen molar-refractivity contribution in [3.63, 3.8) is 0 Å². The Bertz CT molecular complexity index is 1110. The van der Waals surface area contributed by atoms with Crippen molar-refractivity contribution in [2.24, 2.45) is 5.92 Å². The van der Waals surface area contributed by atoms with E-state index in [0.29, 0.717) is 0 Å². The highest BCUT2D eigenvalue weighted by Gasteiger charge is 2.18. The highest BCUT2D eigenvalue weighted by atomic mass is 16.5. The predicted molar refractivity (Wildman–Crippen MR) is 130 cm³/mol. The van der Waals surface area contributed by atoms with E-state index in [9.17, 15) is 9.59 Å². The molecule has 0 aliphatic carbocycles. The standard InChI is InChI=1S/C28H35O4/c1-5-9-21-13-19(14-22(31-21)10-6-2)17-25-27(29)26(28(25)30)18-20-15-23(11-7-3)32-24(16-20)12-8-4/h13-19H,5-12H2,1-4H3/q+1. The van der Waals surface area contributed by atoms with Gasteiger partial charge in [-0.05, 0) is 49.5 Å². The molecule has 2 heterocycles. The van der Waals surface area contributed by atoms with Crippen LogP contribution in [0.15, 0.2) is 49.8 Å². The molecule has 0 fully saturated rings. The average Bonchev–Trinajstić information content (AvgIpc) is 2.76. The number of hydrogen-bond donors (Lipinski definition) is 0. The van der Waals surface area contributed by atoms with Gasteiger partial charge in [-0.25, -0.2) is 4.42 Å². The minimum atomic E-state index is -0.174. The van der Waals surface area contributed by atoms with Gasteiger partial charge in [-0.2, -0.15) is 0 Å².